The van der Waals surface area contributed by atoms with E-state index in [9.17, 15) is 9.18 Å². The first-order valence-corrected chi connectivity index (χ1v) is 9.67. The summed E-state index contributed by atoms with van der Waals surface area (Å²) in [7, 11) is 0. The molecule has 152 valence electrons. The Morgan fingerprint density at radius 2 is 1.89 bits per heavy atom. The molecule has 1 saturated heterocycles. The summed E-state index contributed by atoms with van der Waals surface area (Å²) < 4.78 is 19.9. The van der Waals surface area contributed by atoms with Crippen molar-refractivity contribution >= 4 is 46.0 Å². The zero-order valence-electron chi connectivity index (χ0n) is 16.3. The summed E-state index contributed by atoms with van der Waals surface area (Å²) >= 11 is 11.8. The average molecular weight is 430 g/mol. The molecule has 28 heavy (non-hydrogen) atoms. The lowest BCUT2D eigenvalue weighted by molar-refractivity contribution is 0.0130. The number of carbonyl (C=O) groups excluding carboxylic acids is 1. The Morgan fingerprint density at radius 3 is 2.54 bits per heavy atom. The van der Waals surface area contributed by atoms with Crippen molar-refractivity contribution in [2.75, 3.05) is 18.0 Å². The number of pyridine rings is 1. The second kappa shape index (κ2) is 7.48. The summed E-state index contributed by atoms with van der Waals surface area (Å²) in [6, 6.07) is -0.267. The molecule has 2 atom stereocenters. The highest BCUT2D eigenvalue weighted by molar-refractivity contribution is 6.30. The second-order valence-electron chi connectivity index (χ2n) is 7.92. The molecule has 2 aromatic rings. The molecule has 0 N–H and O–H groups in total. The van der Waals surface area contributed by atoms with Gasteiger partial charge in [0.15, 0.2) is 11.0 Å². The van der Waals surface area contributed by atoms with E-state index < -0.39 is 11.4 Å². The van der Waals surface area contributed by atoms with Gasteiger partial charge in [-0.15, -0.1) is 0 Å². The molecule has 10 heteroatoms. The number of hydrogen-bond donors (Lipinski definition) is 0. The standard InChI is InChI=1S/C18H22Cl2FN5O2/c1-9-8-26(17(27)28-18(3,4)5)10(2)7-25(9)15-11-6-22-14(19)12(21)13(11)23-16(20)24-15/h6,9-10H,7-8H2,1-5H3/t9-,10+/m0/s1. The first-order valence-electron chi connectivity index (χ1n) is 8.91. The Kier molecular flexibility index (Phi) is 5.55. The molecule has 0 bridgehead atoms. The minimum absolute atomic E-state index is 0.0180. The molecule has 3 rings (SSSR count). The molecule has 0 unspecified atom stereocenters. The lowest BCUT2D eigenvalue weighted by atomic mass is 10.1. The van der Waals surface area contributed by atoms with Gasteiger partial charge in [-0.2, -0.15) is 4.98 Å². The highest BCUT2D eigenvalue weighted by Gasteiger charge is 2.36. The normalized spacial score (nSPS) is 20.6. The summed E-state index contributed by atoms with van der Waals surface area (Å²) in [6.45, 7) is 10.2. The molecular formula is C18H22Cl2FN5O2. The van der Waals surface area contributed by atoms with Crippen LogP contribution >= 0.6 is 23.2 Å². The van der Waals surface area contributed by atoms with Gasteiger partial charge >= 0.3 is 6.09 Å². The lowest BCUT2D eigenvalue weighted by Crippen LogP contribution is -2.59. The zero-order valence-corrected chi connectivity index (χ0v) is 17.8. The van der Waals surface area contributed by atoms with E-state index in [1.807, 2.05) is 39.5 Å². The average Bonchev–Trinajstić information content (AvgIpc) is 2.58. The maximum absolute atomic E-state index is 14.4. The Hall–Kier alpha value is -1.93. The van der Waals surface area contributed by atoms with E-state index in [0.717, 1.165) is 0 Å². The van der Waals surface area contributed by atoms with Crippen molar-refractivity contribution in [1.82, 2.24) is 19.9 Å². The minimum atomic E-state index is -0.738. The lowest BCUT2D eigenvalue weighted by Gasteiger charge is -2.44. The highest BCUT2D eigenvalue weighted by atomic mass is 35.5. The van der Waals surface area contributed by atoms with Gasteiger partial charge in [-0.1, -0.05) is 11.6 Å². The van der Waals surface area contributed by atoms with Crippen molar-refractivity contribution in [2.45, 2.75) is 52.3 Å². The monoisotopic (exact) mass is 429 g/mol. The summed E-state index contributed by atoms with van der Waals surface area (Å²) in [6.07, 6.45) is 1.07. The van der Waals surface area contributed by atoms with Gasteiger partial charge < -0.3 is 14.5 Å². The predicted octanol–water partition coefficient (Wildman–Crippen LogP) is 4.30. The number of anilines is 1. The van der Waals surface area contributed by atoms with Crippen LogP contribution < -0.4 is 4.90 Å². The SMILES string of the molecule is C[C@@H]1CN(c2nc(Cl)nc3c(F)c(Cl)ncc23)[C@@H](C)CN1C(=O)OC(C)(C)C. The van der Waals surface area contributed by atoms with Crippen LogP contribution in [0.2, 0.25) is 10.4 Å². The van der Waals surface area contributed by atoms with Crippen LogP contribution in [-0.4, -0.2) is 56.7 Å². The fraction of sp³-hybridized carbons (Fsp3) is 0.556. The van der Waals surface area contributed by atoms with Crippen LogP contribution in [0.1, 0.15) is 34.6 Å². The number of hydrogen-bond acceptors (Lipinski definition) is 6. The first-order chi connectivity index (χ1) is 13.0. The maximum atomic E-state index is 14.4. The van der Waals surface area contributed by atoms with Crippen LogP contribution in [0.4, 0.5) is 15.0 Å². The largest absolute Gasteiger partial charge is 0.444 e. The zero-order chi connectivity index (χ0) is 20.8. The quantitative estimate of drug-likeness (QED) is 0.496. The molecule has 0 spiro atoms. The summed E-state index contributed by atoms with van der Waals surface area (Å²) in [5, 5.41) is 0.0542. The van der Waals surface area contributed by atoms with Crippen molar-refractivity contribution < 1.29 is 13.9 Å². The van der Waals surface area contributed by atoms with Crippen LogP contribution in [-0.2, 0) is 4.74 Å². The second-order valence-corrected chi connectivity index (χ2v) is 8.62. The van der Waals surface area contributed by atoms with Gasteiger partial charge in [-0.3, -0.25) is 0 Å². The smallest absolute Gasteiger partial charge is 0.410 e. The first kappa shape index (κ1) is 20.8. The number of rotatable bonds is 1. The third-order valence-corrected chi connectivity index (χ3v) is 4.91. The Balaban J connectivity index is 1.94. The van der Waals surface area contributed by atoms with Crippen molar-refractivity contribution in [3.63, 3.8) is 0 Å². The van der Waals surface area contributed by atoms with Gasteiger partial charge in [0.25, 0.3) is 0 Å². The minimum Gasteiger partial charge on any atom is -0.444 e. The van der Waals surface area contributed by atoms with Crippen LogP contribution in [0, 0.1) is 5.82 Å². The Morgan fingerprint density at radius 1 is 1.21 bits per heavy atom. The Bertz CT molecular complexity index is 921. The molecule has 0 radical (unpaired) electrons. The van der Waals surface area contributed by atoms with E-state index in [2.05, 4.69) is 15.0 Å². The topological polar surface area (TPSA) is 71.5 Å². The van der Waals surface area contributed by atoms with Gasteiger partial charge in [0.1, 0.15) is 16.9 Å². The van der Waals surface area contributed by atoms with Crippen LogP contribution in [0.15, 0.2) is 6.20 Å². The molecule has 1 fully saturated rings. The number of aromatic nitrogens is 3. The molecule has 3 heterocycles. The van der Waals surface area contributed by atoms with Crippen LogP contribution in [0.3, 0.4) is 0 Å². The molecule has 0 aliphatic carbocycles. The van der Waals surface area contributed by atoms with Crippen molar-refractivity contribution in [1.29, 1.82) is 0 Å². The van der Waals surface area contributed by atoms with Crippen molar-refractivity contribution in [3.8, 4) is 0 Å². The number of carbonyl (C=O) groups is 1. The van der Waals surface area contributed by atoms with E-state index >= 15 is 0 Å². The molecule has 2 aromatic heterocycles. The molecule has 1 aliphatic heterocycles. The van der Waals surface area contributed by atoms with Crippen molar-refractivity contribution in [2.24, 2.45) is 0 Å². The van der Waals surface area contributed by atoms with Crippen LogP contribution in [0.25, 0.3) is 10.9 Å². The molecule has 1 amide bonds. The molecule has 0 aromatic carbocycles. The van der Waals surface area contributed by atoms with E-state index in [1.165, 1.54) is 6.20 Å². The molecular weight excluding hydrogens is 408 g/mol. The summed E-state index contributed by atoms with van der Waals surface area (Å²) in [4.78, 5) is 28.3. The van der Waals surface area contributed by atoms with Crippen molar-refractivity contribution in [3.05, 3.63) is 22.5 Å². The fourth-order valence-electron chi connectivity index (χ4n) is 3.21. The fourth-order valence-corrected chi connectivity index (χ4v) is 3.51. The van der Waals surface area contributed by atoms with E-state index in [1.54, 1.807) is 4.90 Å². The van der Waals surface area contributed by atoms with E-state index in [0.29, 0.717) is 24.3 Å². The van der Waals surface area contributed by atoms with Crippen LogP contribution in [0.5, 0.6) is 0 Å². The van der Waals surface area contributed by atoms with Gasteiger partial charge in [0.2, 0.25) is 5.28 Å². The number of amides is 1. The summed E-state index contributed by atoms with van der Waals surface area (Å²) in [5.74, 6) is -0.279. The third-order valence-electron chi connectivity index (χ3n) is 4.48. The van der Waals surface area contributed by atoms with Gasteiger partial charge in [0, 0.05) is 31.4 Å². The number of fused-ring (bicyclic) bond motifs is 1. The molecule has 1 aliphatic rings. The van der Waals surface area contributed by atoms with Gasteiger partial charge in [-0.05, 0) is 46.2 Å². The molecule has 0 saturated carbocycles. The number of nitrogens with zero attached hydrogens (tertiary/aromatic N) is 5. The maximum Gasteiger partial charge on any atom is 0.410 e. The van der Waals surface area contributed by atoms with Gasteiger partial charge in [0.05, 0.1) is 5.39 Å². The molecule has 7 nitrogen and oxygen atoms in total. The number of halogens is 3. The highest BCUT2D eigenvalue weighted by Crippen LogP contribution is 2.32. The number of piperazine rings is 1. The summed E-state index contributed by atoms with van der Waals surface area (Å²) in [5.41, 5.74) is -0.555. The van der Waals surface area contributed by atoms with E-state index in [-0.39, 0.29) is 34.1 Å². The predicted molar refractivity (Wildman–Crippen MR) is 107 cm³/mol. The van der Waals surface area contributed by atoms with Gasteiger partial charge in [-0.25, -0.2) is 19.2 Å². The number of ether oxygens (including phenoxy) is 1. The third kappa shape index (κ3) is 4.07. The Labute approximate surface area is 172 Å². The van der Waals surface area contributed by atoms with E-state index in [4.69, 9.17) is 27.9 Å².